The molecule has 0 bridgehead atoms. The van der Waals surface area contributed by atoms with Crippen LogP contribution in [-0.2, 0) is 11.3 Å². The Morgan fingerprint density at radius 3 is 2.52 bits per heavy atom. The molecule has 0 unspecified atom stereocenters. The van der Waals surface area contributed by atoms with Gasteiger partial charge >= 0.3 is 0 Å². The van der Waals surface area contributed by atoms with Crippen LogP contribution in [0.1, 0.15) is 18.5 Å². The number of rotatable bonds is 5. The molecule has 0 saturated carbocycles. The summed E-state index contributed by atoms with van der Waals surface area (Å²) >= 11 is 13.2. The third kappa shape index (κ3) is 4.01. The fourth-order valence-corrected chi connectivity index (χ4v) is 5.19. The number of nitrogen functional groups attached to an aromatic ring is 1. The lowest BCUT2D eigenvalue weighted by molar-refractivity contribution is -0.120. The van der Waals surface area contributed by atoms with Crippen LogP contribution in [0.5, 0.6) is 5.88 Å². The molecule has 2 fully saturated rings. The van der Waals surface area contributed by atoms with E-state index in [4.69, 9.17) is 33.7 Å². The summed E-state index contributed by atoms with van der Waals surface area (Å²) in [7, 11) is 1.58. The zero-order chi connectivity index (χ0) is 23.2. The molecule has 9 heteroatoms. The van der Waals surface area contributed by atoms with Gasteiger partial charge in [0.2, 0.25) is 11.8 Å². The van der Waals surface area contributed by atoms with E-state index in [-0.39, 0.29) is 11.4 Å². The Hall–Kier alpha value is -2.87. The SMILES string of the molecule is COc1nc(-c2cccc(-c3cccc(N)c3Cl)c2Cl)cnc1CN1CC2(CCC(=O)N2)C1. The Morgan fingerprint density at radius 1 is 1.12 bits per heavy atom. The van der Waals surface area contributed by atoms with Crippen molar-refractivity contribution in [2.24, 2.45) is 0 Å². The molecule has 2 aliphatic heterocycles. The van der Waals surface area contributed by atoms with Crippen molar-refractivity contribution in [3.63, 3.8) is 0 Å². The zero-order valence-electron chi connectivity index (χ0n) is 18.1. The average molecular weight is 484 g/mol. The van der Waals surface area contributed by atoms with E-state index in [9.17, 15) is 4.79 Å². The first-order valence-electron chi connectivity index (χ1n) is 10.7. The minimum atomic E-state index is -0.0756. The first-order chi connectivity index (χ1) is 15.9. The van der Waals surface area contributed by atoms with E-state index in [1.807, 2.05) is 30.3 Å². The fourth-order valence-electron chi connectivity index (χ4n) is 4.64. The molecule has 5 rings (SSSR count). The quantitative estimate of drug-likeness (QED) is 0.528. The summed E-state index contributed by atoms with van der Waals surface area (Å²) < 4.78 is 5.55. The highest BCUT2D eigenvalue weighted by atomic mass is 35.5. The van der Waals surface area contributed by atoms with Gasteiger partial charge in [-0.2, -0.15) is 0 Å². The van der Waals surface area contributed by atoms with Crippen molar-refractivity contribution >= 4 is 34.8 Å². The molecule has 33 heavy (non-hydrogen) atoms. The minimum Gasteiger partial charge on any atom is -0.480 e. The van der Waals surface area contributed by atoms with Gasteiger partial charge in [0.25, 0.3) is 0 Å². The molecule has 0 aliphatic carbocycles. The summed E-state index contributed by atoms with van der Waals surface area (Å²) in [4.78, 5) is 23.1. The van der Waals surface area contributed by atoms with E-state index >= 15 is 0 Å². The van der Waals surface area contributed by atoms with E-state index < -0.39 is 0 Å². The molecule has 2 saturated heterocycles. The van der Waals surface area contributed by atoms with Gasteiger partial charge in [0.15, 0.2) is 0 Å². The van der Waals surface area contributed by atoms with Crippen LogP contribution in [0.3, 0.4) is 0 Å². The maximum Gasteiger partial charge on any atom is 0.237 e. The van der Waals surface area contributed by atoms with Gasteiger partial charge in [-0.15, -0.1) is 0 Å². The molecule has 2 aromatic carbocycles. The number of nitrogens with two attached hydrogens (primary N) is 1. The van der Waals surface area contributed by atoms with Gasteiger partial charge in [0.1, 0.15) is 5.69 Å². The van der Waals surface area contributed by atoms with Gasteiger partial charge < -0.3 is 15.8 Å². The standard InChI is InChI=1S/C24H23Cl2N5O2/c1-33-23-19(11-31-12-24(13-31)9-8-20(32)30-24)28-10-18(29-23)16-6-2-4-14(21(16)25)15-5-3-7-17(27)22(15)26/h2-7,10H,8-9,11-13,27H2,1H3,(H,30,32). The molecule has 1 aromatic heterocycles. The molecule has 170 valence electrons. The monoisotopic (exact) mass is 483 g/mol. The number of nitrogens with one attached hydrogen (secondary N) is 1. The van der Waals surface area contributed by atoms with Crippen LogP contribution in [0.2, 0.25) is 10.0 Å². The number of benzene rings is 2. The number of carbonyl (C=O) groups is 1. The topological polar surface area (TPSA) is 93.4 Å². The highest BCUT2D eigenvalue weighted by Gasteiger charge is 2.47. The molecule has 1 spiro atoms. The zero-order valence-corrected chi connectivity index (χ0v) is 19.6. The van der Waals surface area contributed by atoms with Crippen LogP contribution >= 0.6 is 23.2 Å². The van der Waals surface area contributed by atoms with E-state index in [0.717, 1.165) is 41.9 Å². The van der Waals surface area contributed by atoms with Crippen LogP contribution < -0.4 is 15.8 Å². The van der Waals surface area contributed by atoms with Gasteiger partial charge in [-0.1, -0.05) is 53.5 Å². The molecular formula is C24H23Cl2N5O2. The molecular weight excluding hydrogens is 461 g/mol. The van der Waals surface area contributed by atoms with E-state index in [2.05, 4.69) is 20.2 Å². The molecule has 2 aliphatic rings. The highest BCUT2D eigenvalue weighted by molar-refractivity contribution is 6.39. The summed E-state index contributed by atoms with van der Waals surface area (Å²) in [6.07, 6.45) is 3.19. The number of amides is 1. The molecule has 7 nitrogen and oxygen atoms in total. The van der Waals surface area contributed by atoms with Crippen LogP contribution in [0, 0.1) is 0 Å². The first-order valence-corrected chi connectivity index (χ1v) is 11.4. The average Bonchev–Trinajstić information content (AvgIpc) is 3.18. The molecule has 3 heterocycles. The number of halogens is 2. The normalized spacial score (nSPS) is 17.1. The van der Waals surface area contributed by atoms with Crippen LogP contribution in [0.15, 0.2) is 42.6 Å². The summed E-state index contributed by atoms with van der Waals surface area (Å²) in [5.41, 5.74) is 9.98. The van der Waals surface area contributed by atoms with Crippen molar-refractivity contribution in [2.75, 3.05) is 25.9 Å². The maximum absolute atomic E-state index is 11.6. The summed E-state index contributed by atoms with van der Waals surface area (Å²) in [6.45, 7) is 2.21. The van der Waals surface area contributed by atoms with Crippen molar-refractivity contribution in [3.05, 3.63) is 58.3 Å². The maximum atomic E-state index is 11.6. The van der Waals surface area contributed by atoms with E-state index in [1.165, 1.54) is 0 Å². The number of carbonyl (C=O) groups excluding carboxylic acids is 1. The van der Waals surface area contributed by atoms with Crippen molar-refractivity contribution in [1.29, 1.82) is 0 Å². The number of hydrogen-bond acceptors (Lipinski definition) is 6. The van der Waals surface area contributed by atoms with Crippen molar-refractivity contribution in [1.82, 2.24) is 20.2 Å². The summed E-state index contributed by atoms with van der Waals surface area (Å²) in [5.74, 6) is 0.585. The minimum absolute atomic E-state index is 0.0756. The number of hydrogen-bond donors (Lipinski definition) is 2. The van der Waals surface area contributed by atoms with Gasteiger partial charge in [-0.3, -0.25) is 14.7 Å². The van der Waals surface area contributed by atoms with Crippen molar-refractivity contribution in [2.45, 2.75) is 24.9 Å². The van der Waals surface area contributed by atoms with Crippen LogP contribution in [-0.4, -0.2) is 46.5 Å². The lowest BCUT2D eigenvalue weighted by Crippen LogP contribution is -2.66. The van der Waals surface area contributed by atoms with Crippen LogP contribution in [0.4, 0.5) is 5.69 Å². The molecule has 3 aromatic rings. The van der Waals surface area contributed by atoms with E-state index in [1.54, 1.807) is 19.4 Å². The molecule has 0 atom stereocenters. The Labute approximate surface area is 201 Å². The Bertz CT molecular complexity index is 1240. The number of nitrogens with zero attached hydrogens (tertiary/aromatic N) is 3. The third-order valence-corrected chi connectivity index (χ3v) is 7.09. The molecule has 1 amide bonds. The van der Waals surface area contributed by atoms with Gasteiger partial charge in [0.05, 0.1) is 40.3 Å². The first kappa shape index (κ1) is 21.9. The lowest BCUT2D eigenvalue weighted by atomic mass is 9.88. The number of likely N-dealkylation sites (tertiary alicyclic amines) is 1. The second kappa shape index (κ2) is 8.48. The number of methoxy groups -OCH3 is 1. The summed E-state index contributed by atoms with van der Waals surface area (Å²) in [6, 6.07) is 11.1. The lowest BCUT2D eigenvalue weighted by Gasteiger charge is -2.47. The van der Waals surface area contributed by atoms with Gasteiger partial charge in [0, 0.05) is 42.7 Å². The Kier molecular flexibility index (Phi) is 5.64. The Morgan fingerprint density at radius 2 is 1.82 bits per heavy atom. The number of aromatic nitrogens is 2. The third-order valence-electron chi connectivity index (χ3n) is 6.26. The van der Waals surface area contributed by atoms with Crippen molar-refractivity contribution in [3.8, 4) is 28.3 Å². The van der Waals surface area contributed by atoms with Crippen molar-refractivity contribution < 1.29 is 9.53 Å². The van der Waals surface area contributed by atoms with Gasteiger partial charge in [-0.05, 0) is 12.5 Å². The fraction of sp³-hybridized carbons (Fsp3) is 0.292. The highest BCUT2D eigenvalue weighted by Crippen LogP contribution is 2.40. The second-order valence-corrected chi connectivity index (χ2v) is 9.32. The van der Waals surface area contributed by atoms with Crippen LogP contribution in [0.25, 0.3) is 22.4 Å². The Balaban J connectivity index is 1.40. The number of ether oxygens (including phenoxy) is 1. The molecule has 3 N–H and O–H groups in total. The second-order valence-electron chi connectivity index (χ2n) is 8.56. The predicted octanol–water partition coefficient (Wildman–Crippen LogP) is 4.17. The predicted molar refractivity (Wildman–Crippen MR) is 129 cm³/mol. The smallest absolute Gasteiger partial charge is 0.237 e. The molecule has 0 radical (unpaired) electrons. The summed E-state index contributed by atoms with van der Waals surface area (Å²) in [5, 5.41) is 4.06. The number of anilines is 1. The largest absolute Gasteiger partial charge is 0.480 e. The van der Waals surface area contributed by atoms with Gasteiger partial charge in [-0.25, -0.2) is 4.98 Å². The van der Waals surface area contributed by atoms with E-state index in [0.29, 0.717) is 40.3 Å².